The van der Waals surface area contributed by atoms with Crippen molar-refractivity contribution in [3.63, 3.8) is 0 Å². The maximum Gasteiger partial charge on any atom is 0.237 e. The normalized spacial score (nSPS) is 15.3. The topological polar surface area (TPSA) is 112 Å². The molecule has 3 aromatic heterocycles. The van der Waals surface area contributed by atoms with E-state index >= 15 is 0 Å². The van der Waals surface area contributed by atoms with E-state index in [2.05, 4.69) is 30.2 Å². The zero-order valence-corrected chi connectivity index (χ0v) is 17.5. The molecule has 164 valence electrons. The van der Waals surface area contributed by atoms with Gasteiger partial charge in [-0.15, -0.1) is 0 Å². The SMILES string of the molecule is CCOc1cncc(-c2ccc(NC(=O)C3(c4ccnc(C)n4)CCOCC3)nc2)n1.[HH].[HH]. The Bertz CT molecular complexity index is 1060. The molecule has 0 aromatic carbocycles. The van der Waals surface area contributed by atoms with Crippen LogP contribution in [0.4, 0.5) is 5.82 Å². The number of anilines is 1. The van der Waals surface area contributed by atoms with Crippen LogP contribution in [0, 0.1) is 6.92 Å². The lowest BCUT2D eigenvalue weighted by atomic mass is 9.76. The number of aryl methyl sites for hydroxylation is 1. The third-order valence-corrected chi connectivity index (χ3v) is 5.25. The lowest BCUT2D eigenvalue weighted by molar-refractivity contribution is -0.125. The van der Waals surface area contributed by atoms with Gasteiger partial charge in [0.2, 0.25) is 11.8 Å². The third-order valence-electron chi connectivity index (χ3n) is 5.25. The minimum absolute atomic E-state index is 0. The first-order valence-corrected chi connectivity index (χ1v) is 10.2. The number of amides is 1. The Labute approximate surface area is 183 Å². The van der Waals surface area contributed by atoms with Gasteiger partial charge >= 0.3 is 0 Å². The molecule has 1 fully saturated rings. The van der Waals surface area contributed by atoms with Crippen LogP contribution in [0.3, 0.4) is 0 Å². The standard InChI is InChI=1S/C22H24N6O3.2H2/c1-3-31-20-14-23-13-17(27-20)16-4-5-19(25-12-16)28-21(29)22(7-10-30-11-8-22)18-6-9-24-15(2)26-18;;/h4-6,9,12-14H,3,7-8,10-11H2,1-2H3,(H,25,28,29);2*1H. The zero-order chi connectivity index (χ0) is 21.7. The summed E-state index contributed by atoms with van der Waals surface area (Å²) < 4.78 is 10.9. The second-order valence-electron chi connectivity index (χ2n) is 7.25. The summed E-state index contributed by atoms with van der Waals surface area (Å²) in [5.41, 5.74) is 1.36. The zero-order valence-electron chi connectivity index (χ0n) is 17.5. The van der Waals surface area contributed by atoms with Crippen molar-refractivity contribution in [2.24, 2.45) is 0 Å². The highest BCUT2D eigenvalue weighted by Crippen LogP contribution is 2.35. The van der Waals surface area contributed by atoms with E-state index in [4.69, 9.17) is 9.47 Å². The molecular formula is C22H28N6O3. The van der Waals surface area contributed by atoms with Gasteiger partial charge in [-0.3, -0.25) is 9.78 Å². The number of carbonyl (C=O) groups excluding carboxylic acids is 1. The predicted octanol–water partition coefficient (Wildman–Crippen LogP) is 3.21. The van der Waals surface area contributed by atoms with Crippen LogP contribution in [0.5, 0.6) is 5.88 Å². The van der Waals surface area contributed by atoms with Gasteiger partial charge in [-0.1, -0.05) is 0 Å². The summed E-state index contributed by atoms with van der Waals surface area (Å²) in [7, 11) is 0. The number of nitrogens with one attached hydrogen (secondary N) is 1. The van der Waals surface area contributed by atoms with Crippen molar-refractivity contribution in [1.82, 2.24) is 24.9 Å². The smallest absolute Gasteiger partial charge is 0.237 e. The quantitative estimate of drug-likeness (QED) is 0.642. The van der Waals surface area contributed by atoms with Crippen LogP contribution in [0.2, 0.25) is 0 Å². The Morgan fingerprint density at radius 1 is 1.16 bits per heavy atom. The molecule has 0 bridgehead atoms. The van der Waals surface area contributed by atoms with Crippen molar-refractivity contribution in [3.05, 3.63) is 54.5 Å². The van der Waals surface area contributed by atoms with E-state index in [-0.39, 0.29) is 8.76 Å². The summed E-state index contributed by atoms with van der Waals surface area (Å²) in [6.45, 7) is 5.22. The molecule has 1 aliphatic rings. The van der Waals surface area contributed by atoms with Gasteiger partial charge < -0.3 is 14.8 Å². The van der Waals surface area contributed by atoms with Crippen LogP contribution < -0.4 is 10.1 Å². The van der Waals surface area contributed by atoms with Crippen LogP contribution in [0.15, 0.2) is 43.0 Å². The molecule has 4 heterocycles. The molecule has 3 aromatic rings. The Morgan fingerprint density at radius 3 is 2.71 bits per heavy atom. The number of nitrogens with zero attached hydrogens (tertiary/aromatic N) is 5. The fourth-order valence-corrected chi connectivity index (χ4v) is 3.60. The lowest BCUT2D eigenvalue weighted by Gasteiger charge is -2.35. The lowest BCUT2D eigenvalue weighted by Crippen LogP contribution is -2.45. The molecule has 0 unspecified atom stereocenters. The molecule has 4 rings (SSSR count). The minimum Gasteiger partial charge on any atom is -0.477 e. The molecule has 31 heavy (non-hydrogen) atoms. The van der Waals surface area contributed by atoms with Gasteiger partial charge in [-0.05, 0) is 44.9 Å². The molecule has 0 spiro atoms. The van der Waals surface area contributed by atoms with Gasteiger partial charge in [-0.25, -0.2) is 19.9 Å². The molecule has 0 radical (unpaired) electrons. The van der Waals surface area contributed by atoms with Gasteiger partial charge in [0.05, 0.1) is 35.8 Å². The van der Waals surface area contributed by atoms with Gasteiger partial charge in [0.15, 0.2) is 0 Å². The number of pyridine rings is 1. The second kappa shape index (κ2) is 9.13. The predicted molar refractivity (Wildman–Crippen MR) is 118 cm³/mol. The minimum atomic E-state index is -0.774. The van der Waals surface area contributed by atoms with Gasteiger partial charge in [-0.2, -0.15) is 0 Å². The van der Waals surface area contributed by atoms with Gasteiger partial charge in [0.1, 0.15) is 11.6 Å². The molecule has 1 saturated heterocycles. The van der Waals surface area contributed by atoms with Crippen molar-refractivity contribution < 1.29 is 17.1 Å². The highest BCUT2D eigenvalue weighted by Gasteiger charge is 2.43. The summed E-state index contributed by atoms with van der Waals surface area (Å²) in [5, 5.41) is 2.95. The molecule has 0 aliphatic carbocycles. The highest BCUT2D eigenvalue weighted by atomic mass is 16.5. The largest absolute Gasteiger partial charge is 0.477 e. The van der Waals surface area contributed by atoms with E-state index in [1.807, 2.05) is 19.9 Å². The molecule has 1 N–H and O–H groups in total. The van der Waals surface area contributed by atoms with Gasteiger partial charge in [0.25, 0.3) is 0 Å². The fourth-order valence-electron chi connectivity index (χ4n) is 3.60. The van der Waals surface area contributed by atoms with Crippen molar-refractivity contribution in [3.8, 4) is 17.1 Å². The van der Waals surface area contributed by atoms with Crippen molar-refractivity contribution >= 4 is 11.7 Å². The van der Waals surface area contributed by atoms with Crippen LogP contribution in [0.25, 0.3) is 11.3 Å². The van der Waals surface area contributed by atoms with Crippen LogP contribution >= 0.6 is 0 Å². The molecular weight excluding hydrogens is 396 g/mol. The number of ether oxygens (including phenoxy) is 2. The first kappa shape index (κ1) is 20.8. The molecule has 0 saturated carbocycles. The van der Waals surface area contributed by atoms with Crippen molar-refractivity contribution in [2.45, 2.75) is 32.1 Å². The first-order valence-electron chi connectivity index (χ1n) is 10.2. The highest BCUT2D eigenvalue weighted by molar-refractivity contribution is 5.98. The van der Waals surface area contributed by atoms with Crippen LogP contribution in [-0.2, 0) is 14.9 Å². The number of carbonyl (C=O) groups is 1. The Balaban J connectivity index is 0.00000193. The van der Waals surface area contributed by atoms with E-state index in [1.54, 1.807) is 36.9 Å². The monoisotopic (exact) mass is 424 g/mol. The Kier molecular flexibility index (Phi) is 6.13. The summed E-state index contributed by atoms with van der Waals surface area (Å²) in [5.74, 6) is 1.40. The van der Waals surface area contributed by atoms with Gasteiger partial charge in [0, 0.05) is 34.0 Å². The van der Waals surface area contributed by atoms with E-state index in [9.17, 15) is 4.79 Å². The Hall–Kier alpha value is -3.46. The van der Waals surface area contributed by atoms with Crippen molar-refractivity contribution in [2.75, 3.05) is 25.1 Å². The number of hydrogen-bond acceptors (Lipinski definition) is 8. The number of hydrogen-bond donors (Lipinski definition) is 1. The average Bonchev–Trinajstić information content (AvgIpc) is 2.80. The van der Waals surface area contributed by atoms with E-state index in [1.165, 1.54) is 0 Å². The van der Waals surface area contributed by atoms with Crippen LogP contribution in [-0.4, -0.2) is 50.6 Å². The maximum absolute atomic E-state index is 13.4. The fraction of sp³-hybridized carbons (Fsp3) is 0.364. The molecule has 1 aliphatic heterocycles. The molecule has 9 nitrogen and oxygen atoms in total. The number of aromatic nitrogens is 5. The third kappa shape index (κ3) is 4.51. The Morgan fingerprint density at radius 2 is 2.00 bits per heavy atom. The van der Waals surface area contributed by atoms with E-state index < -0.39 is 5.41 Å². The average molecular weight is 425 g/mol. The second-order valence-corrected chi connectivity index (χ2v) is 7.25. The number of rotatable bonds is 6. The summed E-state index contributed by atoms with van der Waals surface area (Å²) >= 11 is 0. The van der Waals surface area contributed by atoms with E-state index in [0.29, 0.717) is 61.6 Å². The summed E-state index contributed by atoms with van der Waals surface area (Å²) in [6.07, 6.45) is 7.65. The van der Waals surface area contributed by atoms with Crippen LogP contribution in [0.1, 0.15) is 34.1 Å². The summed E-state index contributed by atoms with van der Waals surface area (Å²) in [6, 6.07) is 5.40. The van der Waals surface area contributed by atoms with Crippen molar-refractivity contribution in [1.29, 1.82) is 0 Å². The molecule has 1 amide bonds. The first-order chi connectivity index (χ1) is 15.1. The van der Waals surface area contributed by atoms with E-state index in [0.717, 1.165) is 5.56 Å². The molecule has 0 atom stereocenters. The summed E-state index contributed by atoms with van der Waals surface area (Å²) in [4.78, 5) is 35.0. The maximum atomic E-state index is 13.4. The molecule has 9 heteroatoms.